The summed E-state index contributed by atoms with van der Waals surface area (Å²) in [6, 6.07) is 9.73. The summed E-state index contributed by atoms with van der Waals surface area (Å²) in [4.78, 5) is 31.9. The van der Waals surface area contributed by atoms with Gasteiger partial charge in [-0.1, -0.05) is 46.7 Å². The topological polar surface area (TPSA) is 79.1 Å². The quantitative estimate of drug-likeness (QED) is 0.384. The molecule has 1 aliphatic heterocycles. The summed E-state index contributed by atoms with van der Waals surface area (Å²) < 4.78 is 18.7. The molecule has 1 aromatic heterocycles. The third-order valence-corrected chi connectivity index (χ3v) is 7.35. The highest BCUT2D eigenvalue weighted by Crippen LogP contribution is 2.36. The molecule has 0 bridgehead atoms. The fourth-order valence-electron chi connectivity index (χ4n) is 4.07. The maximum atomic E-state index is 13.7. The van der Waals surface area contributed by atoms with Gasteiger partial charge in [-0.3, -0.25) is 9.36 Å². The molecule has 2 heterocycles. The molecule has 194 valence electrons. The van der Waals surface area contributed by atoms with Gasteiger partial charge in [0, 0.05) is 0 Å². The van der Waals surface area contributed by atoms with Gasteiger partial charge < -0.3 is 14.2 Å². The number of nitrogens with zero attached hydrogens (tertiary/aromatic N) is 2. The van der Waals surface area contributed by atoms with Gasteiger partial charge in [-0.05, 0) is 69.2 Å². The van der Waals surface area contributed by atoms with Gasteiger partial charge in [0.05, 0.1) is 51.7 Å². The number of hydrogen-bond acceptors (Lipinski definition) is 7. The summed E-state index contributed by atoms with van der Waals surface area (Å²) >= 11 is 13.4. The second-order valence-electron chi connectivity index (χ2n) is 8.55. The molecule has 0 spiro atoms. The molecule has 37 heavy (non-hydrogen) atoms. The van der Waals surface area contributed by atoms with E-state index in [1.54, 1.807) is 57.4 Å². The number of thiazole rings is 1. The van der Waals surface area contributed by atoms with E-state index < -0.39 is 12.0 Å². The molecule has 10 heteroatoms. The first-order valence-electron chi connectivity index (χ1n) is 11.6. The van der Waals surface area contributed by atoms with Crippen LogP contribution in [-0.2, 0) is 9.53 Å². The molecule has 0 N–H and O–H groups in total. The molecule has 0 aliphatic carbocycles. The van der Waals surface area contributed by atoms with Crippen molar-refractivity contribution in [1.29, 1.82) is 0 Å². The van der Waals surface area contributed by atoms with Crippen molar-refractivity contribution in [1.82, 2.24) is 4.57 Å². The second-order valence-corrected chi connectivity index (χ2v) is 10.4. The number of aromatic nitrogens is 1. The van der Waals surface area contributed by atoms with E-state index in [9.17, 15) is 9.59 Å². The van der Waals surface area contributed by atoms with Crippen molar-refractivity contribution in [2.24, 2.45) is 4.99 Å². The zero-order chi connectivity index (χ0) is 26.9. The molecule has 2 aromatic carbocycles. The summed E-state index contributed by atoms with van der Waals surface area (Å²) in [5.74, 6) is 0.516. The third-order valence-electron chi connectivity index (χ3n) is 5.62. The Morgan fingerprint density at radius 2 is 1.92 bits per heavy atom. The summed E-state index contributed by atoms with van der Waals surface area (Å²) in [6.45, 7) is 7.50. The SMILES string of the molecule is CCOC(=O)C1=C(C)N=c2s/c(=C\c3ccc(Cl)c(Cl)c3)c(=O)n2[C@H]1c1ccc(OC(C)C)c(OC)c1. The Balaban J connectivity index is 1.94. The fourth-order valence-corrected chi connectivity index (χ4v) is 5.42. The third kappa shape index (κ3) is 5.46. The van der Waals surface area contributed by atoms with Crippen LogP contribution in [-0.4, -0.2) is 30.4 Å². The van der Waals surface area contributed by atoms with Crippen LogP contribution in [0.4, 0.5) is 0 Å². The monoisotopic (exact) mass is 560 g/mol. The van der Waals surface area contributed by atoms with Crippen molar-refractivity contribution in [3.05, 3.63) is 88.5 Å². The van der Waals surface area contributed by atoms with Crippen LogP contribution in [0.3, 0.4) is 0 Å². The average molecular weight is 561 g/mol. The predicted octanol–water partition coefficient (Wildman–Crippen LogP) is 4.90. The number of fused-ring (bicyclic) bond motifs is 1. The Morgan fingerprint density at radius 1 is 1.16 bits per heavy atom. The maximum absolute atomic E-state index is 13.7. The first-order valence-corrected chi connectivity index (χ1v) is 13.2. The van der Waals surface area contributed by atoms with Crippen LogP contribution < -0.4 is 24.4 Å². The van der Waals surface area contributed by atoms with E-state index in [4.69, 9.17) is 37.4 Å². The van der Waals surface area contributed by atoms with Crippen LogP contribution in [0, 0.1) is 0 Å². The minimum absolute atomic E-state index is 0.0592. The number of halogens is 2. The molecule has 3 aromatic rings. The minimum atomic E-state index is -0.770. The Morgan fingerprint density at radius 3 is 2.57 bits per heavy atom. The highest BCUT2D eigenvalue weighted by molar-refractivity contribution is 7.07. The van der Waals surface area contributed by atoms with Gasteiger partial charge in [-0.2, -0.15) is 0 Å². The minimum Gasteiger partial charge on any atom is -0.493 e. The van der Waals surface area contributed by atoms with Crippen molar-refractivity contribution in [3.63, 3.8) is 0 Å². The molecule has 0 fully saturated rings. The van der Waals surface area contributed by atoms with E-state index in [0.29, 0.717) is 42.1 Å². The summed E-state index contributed by atoms with van der Waals surface area (Å²) in [6.07, 6.45) is 1.67. The number of esters is 1. The number of methoxy groups -OCH3 is 1. The van der Waals surface area contributed by atoms with Gasteiger partial charge in [0.2, 0.25) is 0 Å². The number of allylic oxidation sites excluding steroid dienone is 1. The molecule has 0 saturated carbocycles. The largest absolute Gasteiger partial charge is 0.493 e. The molecule has 1 atom stereocenters. The van der Waals surface area contributed by atoms with E-state index in [0.717, 1.165) is 5.56 Å². The molecule has 0 saturated heterocycles. The van der Waals surface area contributed by atoms with Crippen molar-refractivity contribution in [2.45, 2.75) is 39.8 Å². The fraction of sp³-hybridized carbons (Fsp3) is 0.296. The highest BCUT2D eigenvalue weighted by atomic mass is 35.5. The van der Waals surface area contributed by atoms with Crippen molar-refractivity contribution < 1.29 is 19.0 Å². The Bertz CT molecular complexity index is 1570. The summed E-state index contributed by atoms with van der Waals surface area (Å²) in [5, 5.41) is 0.811. The van der Waals surface area contributed by atoms with E-state index in [1.807, 2.05) is 19.9 Å². The molecular weight excluding hydrogens is 535 g/mol. The lowest BCUT2D eigenvalue weighted by atomic mass is 9.95. The molecular formula is C27H26Cl2N2O5S. The zero-order valence-corrected chi connectivity index (χ0v) is 23.3. The number of benzene rings is 2. The van der Waals surface area contributed by atoms with E-state index in [1.165, 1.54) is 15.9 Å². The average Bonchev–Trinajstić information content (AvgIpc) is 3.15. The summed E-state index contributed by atoms with van der Waals surface area (Å²) in [5.41, 5.74) is 1.85. The smallest absolute Gasteiger partial charge is 0.338 e. The lowest BCUT2D eigenvalue weighted by Crippen LogP contribution is -2.40. The van der Waals surface area contributed by atoms with Gasteiger partial charge in [0.15, 0.2) is 16.3 Å². The van der Waals surface area contributed by atoms with Crippen LogP contribution in [0.25, 0.3) is 6.08 Å². The van der Waals surface area contributed by atoms with Crippen molar-refractivity contribution in [2.75, 3.05) is 13.7 Å². The van der Waals surface area contributed by atoms with Gasteiger partial charge in [-0.15, -0.1) is 0 Å². The number of ether oxygens (including phenoxy) is 3. The normalized spacial score (nSPS) is 15.5. The first kappa shape index (κ1) is 27.0. The highest BCUT2D eigenvalue weighted by Gasteiger charge is 2.34. The number of carbonyl (C=O) groups excluding carboxylic acids is 1. The van der Waals surface area contributed by atoms with Crippen molar-refractivity contribution in [3.8, 4) is 11.5 Å². The Kier molecular flexibility index (Phi) is 8.11. The first-order chi connectivity index (χ1) is 17.6. The Labute approximate surface area is 228 Å². The molecule has 1 aliphatic rings. The van der Waals surface area contributed by atoms with Crippen LogP contribution in [0.2, 0.25) is 10.0 Å². The lowest BCUT2D eigenvalue weighted by Gasteiger charge is -2.25. The van der Waals surface area contributed by atoms with E-state index in [-0.39, 0.29) is 23.8 Å². The van der Waals surface area contributed by atoms with Gasteiger partial charge >= 0.3 is 5.97 Å². The second kappa shape index (κ2) is 11.1. The zero-order valence-electron chi connectivity index (χ0n) is 21.0. The number of hydrogen-bond donors (Lipinski definition) is 0. The summed E-state index contributed by atoms with van der Waals surface area (Å²) in [7, 11) is 1.54. The van der Waals surface area contributed by atoms with E-state index in [2.05, 4.69) is 4.99 Å². The standard InChI is InChI=1S/C27H26Cl2N2O5S/c1-6-35-26(33)23-15(4)30-27-31(24(23)17-8-10-20(36-14(2)3)21(13-17)34-5)25(32)22(37-27)12-16-7-9-18(28)19(29)11-16/h7-14,24H,6H2,1-5H3/b22-12-/t24-/m0/s1. The molecule has 0 radical (unpaired) electrons. The van der Waals surface area contributed by atoms with Crippen LogP contribution in [0.5, 0.6) is 11.5 Å². The van der Waals surface area contributed by atoms with Crippen molar-refractivity contribution >= 4 is 46.6 Å². The molecule has 0 unspecified atom stereocenters. The van der Waals surface area contributed by atoms with Crippen LogP contribution in [0.15, 0.2) is 57.5 Å². The van der Waals surface area contributed by atoms with E-state index >= 15 is 0 Å². The van der Waals surface area contributed by atoms with Gasteiger partial charge in [0.1, 0.15) is 0 Å². The van der Waals surface area contributed by atoms with Gasteiger partial charge in [-0.25, -0.2) is 9.79 Å². The maximum Gasteiger partial charge on any atom is 0.338 e. The molecule has 4 rings (SSSR count). The molecule has 7 nitrogen and oxygen atoms in total. The van der Waals surface area contributed by atoms with Gasteiger partial charge in [0.25, 0.3) is 5.56 Å². The lowest BCUT2D eigenvalue weighted by molar-refractivity contribution is -0.139. The number of rotatable bonds is 7. The number of carbonyl (C=O) groups is 1. The van der Waals surface area contributed by atoms with Crippen LogP contribution in [0.1, 0.15) is 44.9 Å². The Hall–Kier alpha value is -3.07. The molecule has 0 amide bonds. The van der Waals surface area contributed by atoms with Crippen LogP contribution >= 0.6 is 34.5 Å². The predicted molar refractivity (Wildman–Crippen MR) is 146 cm³/mol.